The minimum absolute atomic E-state index is 0. The molecule has 0 fully saturated rings. The Labute approximate surface area is 188 Å². The molecule has 0 N–H and O–H groups in total. The van der Waals surface area contributed by atoms with Gasteiger partial charge in [-0.3, -0.25) is 0 Å². The van der Waals surface area contributed by atoms with Crippen LogP contribution in [0, 0.1) is 0 Å². The van der Waals surface area contributed by atoms with Gasteiger partial charge < -0.3 is 24.8 Å². The molecule has 0 aliphatic heterocycles. The minimum Gasteiger partial charge on any atom is -1.00 e. The first-order valence-corrected chi connectivity index (χ1v) is 12.2. The fourth-order valence-corrected chi connectivity index (χ4v) is 11.3. The van der Waals surface area contributed by atoms with Gasteiger partial charge in [0.15, 0.2) is 0 Å². The second-order valence-corrected chi connectivity index (χ2v) is 12.9. The molecule has 0 heterocycles. The van der Waals surface area contributed by atoms with Crippen molar-refractivity contribution in [3.63, 3.8) is 0 Å². The molecule has 2 aromatic carbocycles. The maximum atomic E-state index is 2.41. The average molecular weight is 447 g/mol. The van der Waals surface area contributed by atoms with E-state index >= 15 is 0 Å². The zero-order chi connectivity index (χ0) is 18.6. The third-order valence-corrected chi connectivity index (χ3v) is 12.7. The summed E-state index contributed by atoms with van der Waals surface area (Å²) in [5.74, 6) is 0. The SMILES string of the molecule is CC1=C(C)[CH]([Ti+2](=[C](C)C)[CH]2C(C)=C(C)c3ccccc32)c2ccccc21.[Cl-].[Cl-]. The van der Waals surface area contributed by atoms with Crippen LogP contribution in [0.1, 0.15) is 72.2 Å². The standard InChI is InChI=1S/2C11H11.C3H6.2ClH.Ti/c2*1-8-7-10-5-3-4-6-11(10)9(8)2;1-3-2;;;/h2*3-7H,1-2H3;1-2H3;2*1H;/q;;;;;+2/p-2. The Kier molecular flexibility index (Phi) is 7.38. The predicted octanol–water partition coefficient (Wildman–Crippen LogP) is 0.921. The van der Waals surface area contributed by atoms with Crippen LogP contribution < -0.4 is 24.8 Å². The molecule has 2 aliphatic carbocycles. The van der Waals surface area contributed by atoms with Crippen LogP contribution in [-0.2, 0) is 17.4 Å². The first-order valence-electron chi connectivity index (χ1n) is 9.64. The number of benzene rings is 2. The van der Waals surface area contributed by atoms with Crippen LogP contribution in [0.2, 0.25) is 0 Å². The van der Waals surface area contributed by atoms with Crippen LogP contribution in [0.25, 0.3) is 11.1 Å². The van der Waals surface area contributed by atoms with Gasteiger partial charge in [0.1, 0.15) is 0 Å². The summed E-state index contributed by atoms with van der Waals surface area (Å²) in [7, 11) is 0. The zero-order valence-corrected chi connectivity index (χ0v) is 20.6. The molecule has 28 heavy (non-hydrogen) atoms. The van der Waals surface area contributed by atoms with Gasteiger partial charge in [0.2, 0.25) is 0 Å². The van der Waals surface area contributed by atoms with E-state index in [-0.39, 0.29) is 24.8 Å². The number of hydrogen-bond donors (Lipinski definition) is 0. The summed E-state index contributed by atoms with van der Waals surface area (Å²) in [6.07, 6.45) is 0. The predicted molar refractivity (Wildman–Crippen MR) is 111 cm³/mol. The normalized spacial score (nSPS) is 19.3. The molecular formula is C25H28Cl2Ti. The van der Waals surface area contributed by atoms with Crippen LogP contribution in [0.15, 0.2) is 59.7 Å². The van der Waals surface area contributed by atoms with E-state index in [0.29, 0.717) is 8.45 Å². The molecule has 2 unspecified atom stereocenters. The van der Waals surface area contributed by atoms with Crippen LogP contribution in [-0.4, -0.2) is 3.81 Å². The monoisotopic (exact) mass is 446 g/mol. The van der Waals surface area contributed by atoms with Gasteiger partial charge in [-0.15, -0.1) is 0 Å². The summed E-state index contributed by atoms with van der Waals surface area (Å²) in [4.78, 5) is 0. The van der Waals surface area contributed by atoms with Crippen molar-refractivity contribution in [2.24, 2.45) is 0 Å². The van der Waals surface area contributed by atoms with E-state index in [1.807, 2.05) is 0 Å². The minimum atomic E-state index is -1.63. The van der Waals surface area contributed by atoms with Gasteiger partial charge >= 0.3 is 164 Å². The van der Waals surface area contributed by atoms with Crippen molar-refractivity contribution in [3.05, 3.63) is 81.9 Å². The molecule has 146 valence electrons. The van der Waals surface area contributed by atoms with Crippen molar-refractivity contribution in [1.82, 2.24) is 0 Å². The number of fused-ring (bicyclic) bond motifs is 2. The zero-order valence-electron chi connectivity index (χ0n) is 17.5. The van der Waals surface area contributed by atoms with E-state index in [2.05, 4.69) is 90.1 Å². The third-order valence-electron chi connectivity index (χ3n) is 6.60. The molecule has 0 amide bonds. The topological polar surface area (TPSA) is 0 Å². The summed E-state index contributed by atoms with van der Waals surface area (Å²) in [6, 6.07) is 18.3. The number of rotatable bonds is 2. The summed E-state index contributed by atoms with van der Waals surface area (Å²) in [6.45, 7) is 14.2. The fourth-order valence-electron chi connectivity index (χ4n) is 5.05. The fraction of sp³-hybridized carbons (Fsp3) is 0.320. The van der Waals surface area contributed by atoms with Crippen LogP contribution in [0.5, 0.6) is 0 Å². The number of allylic oxidation sites excluding steroid dienone is 4. The first-order chi connectivity index (χ1) is 12.4. The molecule has 2 aliphatic rings. The Balaban J connectivity index is 0.00000140. The first kappa shape index (κ1) is 23.4. The van der Waals surface area contributed by atoms with Crippen molar-refractivity contribution < 1.29 is 42.2 Å². The maximum Gasteiger partial charge on any atom is -1.00 e. The quantitative estimate of drug-likeness (QED) is 0.602. The molecular weight excluding hydrogens is 419 g/mol. The molecule has 0 aromatic heterocycles. The van der Waals surface area contributed by atoms with Crippen LogP contribution in [0.3, 0.4) is 0 Å². The molecule has 3 heteroatoms. The summed E-state index contributed by atoms with van der Waals surface area (Å²) in [5, 5.41) is 0. The van der Waals surface area contributed by atoms with Gasteiger partial charge in [-0.1, -0.05) is 0 Å². The number of hydrogen-bond acceptors (Lipinski definition) is 0. The van der Waals surface area contributed by atoms with E-state index in [1.165, 1.54) is 22.3 Å². The Bertz CT molecular complexity index is 931. The van der Waals surface area contributed by atoms with E-state index in [1.54, 1.807) is 26.1 Å². The summed E-state index contributed by atoms with van der Waals surface area (Å²) >= 11 is -1.63. The number of halogens is 2. The van der Waals surface area contributed by atoms with Crippen molar-refractivity contribution in [3.8, 4) is 0 Å². The van der Waals surface area contributed by atoms with Crippen LogP contribution >= 0.6 is 0 Å². The Morgan fingerprint density at radius 3 is 1.36 bits per heavy atom. The average Bonchev–Trinajstić information content (AvgIpc) is 3.03. The summed E-state index contributed by atoms with van der Waals surface area (Å²) < 4.78 is 3.00. The van der Waals surface area contributed by atoms with Crippen LogP contribution in [0.4, 0.5) is 0 Å². The second kappa shape index (κ2) is 8.84. The molecule has 2 atom stereocenters. The van der Waals surface area contributed by atoms with E-state index < -0.39 is 17.4 Å². The van der Waals surface area contributed by atoms with Gasteiger partial charge in [-0.05, 0) is 0 Å². The molecule has 0 bridgehead atoms. The molecule has 0 saturated carbocycles. The van der Waals surface area contributed by atoms with Gasteiger partial charge in [0, 0.05) is 0 Å². The van der Waals surface area contributed by atoms with Gasteiger partial charge in [0.05, 0.1) is 0 Å². The van der Waals surface area contributed by atoms with E-state index in [9.17, 15) is 0 Å². The molecule has 0 radical (unpaired) electrons. The summed E-state index contributed by atoms with van der Waals surface area (Å²) in [5.41, 5.74) is 12.4. The Hall–Kier alpha value is -0.916. The molecule has 2 aromatic rings. The van der Waals surface area contributed by atoms with Gasteiger partial charge in [-0.25, -0.2) is 0 Å². The molecule has 0 spiro atoms. The van der Waals surface area contributed by atoms with Crippen molar-refractivity contribution in [2.75, 3.05) is 0 Å². The van der Waals surface area contributed by atoms with Gasteiger partial charge in [0.25, 0.3) is 0 Å². The van der Waals surface area contributed by atoms with E-state index in [4.69, 9.17) is 0 Å². The molecule has 4 rings (SSSR count). The Morgan fingerprint density at radius 1 is 0.643 bits per heavy atom. The smallest absolute Gasteiger partial charge is 1.00 e. The maximum absolute atomic E-state index is 2.41. The van der Waals surface area contributed by atoms with Crippen molar-refractivity contribution >= 4 is 15.0 Å². The van der Waals surface area contributed by atoms with Crippen molar-refractivity contribution in [1.29, 1.82) is 0 Å². The molecule has 0 saturated heterocycles. The Morgan fingerprint density at radius 2 is 1.00 bits per heavy atom. The largest absolute Gasteiger partial charge is 1.00 e. The molecule has 0 nitrogen and oxygen atoms in total. The third kappa shape index (κ3) is 3.43. The van der Waals surface area contributed by atoms with Crippen molar-refractivity contribution in [2.45, 2.75) is 50.0 Å². The second-order valence-electron chi connectivity index (χ2n) is 8.11. The van der Waals surface area contributed by atoms with Gasteiger partial charge in [-0.2, -0.15) is 0 Å². The van der Waals surface area contributed by atoms with E-state index in [0.717, 1.165) is 0 Å².